The molecule has 3 aromatic rings. The van der Waals surface area contributed by atoms with E-state index in [2.05, 4.69) is 20.7 Å². The predicted octanol–water partition coefficient (Wildman–Crippen LogP) is 2.44. The molecule has 0 bridgehead atoms. The van der Waals surface area contributed by atoms with E-state index in [4.69, 9.17) is 4.42 Å². The lowest BCUT2D eigenvalue weighted by atomic mass is 9.90. The fourth-order valence-electron chi connectivity index (χ4n) is 3.28. The molecule has 1 saturated heterocycles. The Morgan fingerprint density at radius 3 is 2.96 bits per heavy atom. The number of aryl methyl sites for hydroxylation is 1. The van der Waals surface area contributed by atoms with E-state index in [9.17, 15) is 4.79 Å². The third kappa shape index (κ3) is 3.63. The van der Waals surface area contributed by atoms with Gasteiger partial charge in [-0.1, -0.05) is 12.1 Å². The van der Waals surface area contributed by atoms with Gasteiger partial charge in [-0.25, -0.2) is 4.98 Å². The van der Waals surface area contributed by atoms with Crippen LogP contribution in [0.15, 0.2) is 53.7 Å². The van der Waals surface area contributed by atoms with Gasteiger partial charge in [-0.2, -0.15) is 5.10 Å². The van der Waals surface area contributed by atoms with Gasteiger partial charge in [0.2, 0.25) is 5.91 Å². The SMILES string of the molecule is Cl.Cn1cc([C@H]2CNC[C@@H]2C(=O)Nc2cccc(-c3cnco3)c2)cn1. The average Bonchev–Trinajstić information content (AvgIpc) is 3.36. The summed E-state index contributed by atoms with van der Waals surface area (Å²) in [6.07, 6.45) is 6.86. The van der Waals surface area contributed by atoms with E-state index in [1.54, 1.807) is 10.9 Å². The molecule has 3 heterocycles. The lowest BCUT2D eigenvalue weighted by Gasteiger charge is -2.17. The average molecular weight is 374 g/mol. The van der Waals surface area contributed by atoms with E-state index in [0.717, 1.165) is 23.4 Å². The van der Waals surface area contributed by atoms with Gasteiger partial charge in [0, 0.05) is 43.5 Å². The van der Waals surface area contributed by atoms with Crippen LogP contribution in [0.1, 0.15) is 11.5 Å². The molecular formula is C18H20ClN5O2. The first kappa shape index (κ1) is 18.2. The maximum absolute atomic E-state index is 12.8. The molecule has 0 saturated carbocycles. The molecule has 2 N–H and O–H groups in total. The highest BCUT2D eigenvalue weighted by Gasteiger charge is 2.34. The molecule has 26 heavy (non-hydrogen) atoms. The molecule has 1 aliphatic rings. The van der Waals surface area contributed by atoms with Gasteiger partial charge < -0.3 is 15.1 Å². The topological polar surface area (TPSA) is 85.0 Å². The summed E-state index contributed by atoms with van der Waals surface area (Å²) < 4.78 is 7.08. The van der Waals surface area contributed by atoms with Crippen molar-refractivity contribution in [3.8, 4) is 11.3 Å². The van der Waals surface area contributed by atoms with Crippen LogP contribution in [0.3, 0.4) is 0 Å². The van der Waals surface area contributed by atoms with Gasteiger partial charge in [0.15, 0.2) is 12.2 Å². The number of carbonyl (C=O) groups excluding carboxylic acids is 1. The minimum atomic E-state index is -0.127. The number of rotatable bonds is 4. The molecule has 136 valence electrons. The van der Waals surface area contributed by atoms with E-state index in [1.165, 1.54) is 6.39 Å². The van der Waals surface area contributed by atoms with Crippen molar-refractivity contribution in [2.45, 2.75) is 5.92 Å². The number of oxazole rings is 1. The van der Waals surface area contributed by atoms with Crippen molar-refractivity contribution in [1.82, 2.24) is 20.1 Å². The Balaban J connectivity index is 0.00000196. The van der Waals surface area contributed by atoms with Crippen LogP contribution in [0.4, 0.5) is 5.69 Å². The first-order valence-corrected chi connectivity index (χ1v) is 8.20. The predicted molar refractivity (Wildman–Crippen MR) is 100 cm³/mol. The molecule has 2 aromatic heterocycles. The Bertz CT molecular complexity index is 877. The van der Waals surface area contributed by atoms with Crippen molar-refractivity contribution < 1.29 is 9.21 Å². The fraction of sp³-hybridized carbons (Fsp3) is 0.278. The first-order chi connectivity index (χ1) is 12.2. The van der Waals surface area contributed by atoms with Crippen LogP contribution in [0.2, 0.25) is 0 Å². The van der Waals surface area contributed by atoms with Crippen LogP contribution in [0, 0.1) is 5.92 Å². The normalized spacial score (nSPS) is 19.1. The molecule has 4 rings (SSSR count). The molecule has 0 aliphatic carbocycles. The molecule has 1 aromatic carbocycles. The van der Waals surface area contributed by atoms with Gasteiger partial charge in [0.25, 0.3) is 0 Å². The molecule has 1 amide bonds. The number of carbonyl (C=O) groups is 1. The second kappa shape index (κ2) is 7.72. The Kier molecular flexibility index (Phi) is 5.39. The first-order valence-electron chi connectivity index (χ1n) is 8.20. The maximum Gasteiger partial charge on any atom is 0.229 e. The van der Waals surface area contributed by atoms with Crippen LogP contribution in [-0.4, -0.2) is 33.8 Å². The largest absolute Gasteiger partial charge is 0.444 e. The molecule has 0 unspecified atom stereocenters. The molecule has 1 aliphatic heterocycles. The van der Waals surface area contributed by atoms with Crippen LogP contribution in [0.5, 0.6) is 0 Å². The summed E-state index contributed by atoms with van der Waals surface area (Å²) in [5.41, 5.74) is 2.71. The summed E-state index contributed by atoms with van der Waals surface area (Å²) in [6.45, 7) is 1.44. The highest BCUT2D eigenvalue weighted by Crippen LogP contribution is 2.29. The Morgan fingerprint density at radius 1 is 1.35 bits per heavy atom. The van der Waals surface area contributed by atoms with E-state index in [-0.39, 0.29) is 30.2 Å². The van der Waals surface area contributed by atoms with E-state index >= 15 is 0 Å². The quantitative estimate of drug-likeness (QED) is 0.733. The van der Waals surface area contributed by atoms with E-state index in [1.807, 2.05) is 43.7 Å². The third-order valence-electron chi connectivity index (χ3n) is 4.55. The number of nitrogens with zero attached hydrogens (tertiary/aromatic N) is 3. The van der Waals surface area contributed by atoms with Crippen LogP contribution < -0.4 is 10.6 Å². The van der Waals surface area contributed by atoms with Gasteiger partial charge in [0.1, 0.15) is 0 Å². The molecule has 0 radical (unpaired) electrons. The highest BCUT2D eigenvalue weighted by atomic mass is 35.5. The summed E-state index contributed by atoms with van der Waals surface area (Å²) in [4.78, 5) is 16.7. The number of hydrogen-bond acceptors (Lipinski definition) is 5. The maximum atomic E-state index is 12.8. The Morgan fingerprint density at radius 2 is 2.23 bits per heavy atom. The second-order valence-corrected chi connectivity index (χ2v) is 6.25. The lowest BCUT2D eigenvalue weighted by molar-refractivity contribution is -0.119. The van der Waals surface area contributed by atoms with Crippen molar-refractivity contribution >= 4 is 24.0 Å². The van der Waals surface area contributed by atoms with Crippen molar-refractivity contribution in [1.29, 1.82) is 0 Å². The monoisotopic (exact) mass is 373 g/mol. The van der Waals surface area contributed by atoms with Crippen molar-refractivity contribution in [2.24, 2.45) is 13.0 Å². The van der Waals surface area contributed by atoms with Gasteiger partial charge in [-0.15, -0.1) is 12.4 Å². The van der Waals surface area contributed by atoms with Crippen molar-refractivity contribution in [3.63, 3.8) is 0 Å². The summed E-state index contributed by atoms with van der Waals surface area (Å²) in [7, 11) is 1.88. The van der Waals surface area contributed by atoms with Gasteiger partial charge in [-0.05, 0) is 17.7 Å². The number of anilines is 1. The van der Waals surface area contributed by atoms with Crippen LogP contribution in [0.25, 0.3) is 11.3 Å². The smallest absolute Gasteiger partial charge is 0.229 e. The van der Waals surface area contributed by atoms with Crippen molar-refractivity contribution in [2.75, 3.05) is 18.4 Å². The molecular weight excluding hydrogens is 354 g/mol. The summed E-state index contributed by atoms with van der Waals surface area (Å²) >= 11 is 0. The summed E-state index contributed by atoms with van der Waals surface area (Å²) in [5, 5.41) is 10.6. The molecule has 8 heteroatoms. The number of aromatic nitrogens is 3. The third-order valence-corrected chi connectivity index (χ3v) is 4.55. The van der Waals surface area contributed by atoms with Crippen LogP contribution >= 0.6 is 12.4 Å². The van der Waals surface area contributed by atoms with Gasteiger partial charge >= 0.3 is 0 Å². The Hall–Kier alpha value is -2.64. The minimum Gasteiger partial charge on any atom is -0.444 e. The summed E-state index contributed by atoms with van der Waals surface area (Å²) in [6, 6.07) is 7.57. The number of hydrogen-bond donors (Lipinski definition) is 2. The molecule has 2 atom stereocenters. The van der Waals surface area contributed by atoms with Gasteiger partial charge in [-0.3, -0.25) is 9.48 Å². The Labute approximate surface area is 157 Å². The zero-order chi connectivity index (χ0) is 17.2. The van der Waals surface area contributed by atoms with E-state index in [0.29, 0.717) is 12.3 Å². The van der Waals surface area contributed by atoms with Gasteiger partial charge in [0.05, 0.1) is 18.3 Å². The lowest BCUT2D eigenvalue weighted by Crippen LogP contribution is -2.28. The minimum absolute atomic E-state index is 0. The zero-order valence-corrected chi connectivity index (χ0v) is 15.1. The van der Waals surface area contributed by atoms with E-state index < -0.39 is 0 Å². The zero-order valence-electron chi connectivity index (χ0n) is 14.3. The molecule has 7 nitrogen and oxygen atoms in total. The molecule has 0 spiro atoms. The fourth-order valence-corrected chi connectivity index (χ4v) is 3.28. The van der Waals surface area contributed by atoms with Crippen molar-refractivity contribution in [3.05, 3.63) is 54.8 Å². The molecule has 1 fully saturated rings. The summed E-state index contributed by atoms with van der Waals surface area (Å²) in [5.74, 6) is 0.685. The number of amides is 1. The number of nitrogens with one attached hydrogen (secondary N) is 2. The van der Waals surface area contributed by atoms with Crippen LogP contribution in [-0.2, 0) is 11.8 Å². The second-order valence-electron chi connectivity index (χ2n) is 6.25. The number of benzene rings is 1. The highest BCUT2D eigenvalue weighted by molar-refractivity contribution is 5.94. The standard InChI is InChI=1S/C18H19N5O2.ClH/c1-23-10-13(6-21-23)15-7-19-8-16(15)18(24)22-14-4-2-3-12(5-14)17-9-20-11-25-17;/h2-6,9-11,15-16,19H,7-8H2,1H3,(H,22,24);1H/t15-,16+;/m1./s1. The number of halogens is 1.